The third-order valence-corrected chi connectivity index (χ3v) is 3.24. The van der Waals surface area contributed by atoms with Crippen LogP contribution >= 0.6 is 11.6 Å². The monoisotopic (exact) mass is 271 g/mol. The topological polar surface area (TPSA) is 12.0 Å². The normalized spacial score (nSPS) is 13.0. The first kappa shape index (κ1) is 15.5. The van der Waals surface area contributed by atoms with Crippen LogP contribution in [0.15, 0.2) is 18.2 Å². The van der Waals surface area contributed by atoms with Gasteiger partial charge in [-0.15, -0.1) is 0 Å². The number of hydrogen-bond donors (Lipinski definition) is 1. The van der Waals surface area contributed by atoms with Crippen LogP contribution in [-0.4, -0.2) is 13.1 Å². The molecule has 1 atom stereocenters. The molecule has 0 amide bonds. The average molecular weight is 272 g/mol. The van der Waals surface area contributed by atoms with E-state index in [0.29, 0.717) is 11.8 Å². The lowest BCUT2D eigenvalue weighted by Gasteiger charge is -2.13. The van der Waals surface area contributed by atoms with E-state index in [-0.39, 0.29) is 10.8 Å². The summed E-state index contributed by atoms with van der Waals surface area (Å²) in [5.74, 6) is 0.912. The summed E-state index contributed by atoms with van der Waals surface area (Å²) in [5.41, 5.74) is 1.02. The number of nitrogens with one attached hydrogen (secondary N) is 1. The molecule has 0 saturated carbocycles. The molecule has 3 heteroatoms. The molecule has 1 aromatic rings. The molecule has 0 heterocycles. The molecule has 0 fully saturated rings. The van der Waals surface area contributed by atoms with Crippen molar-refractivity contribution in [3.8, 4) is 0 Å². The van der Waals surface area contributed by atoms with Gasteiger partial charge in [-0.3, -0.25) is 0 Å². The molecule has 1 aromatic carbocycles. The van der Waals surface area contributed by atoms with Gasteiger partial charge in [0.05, 0.1) is 5.02 Å². The second kappa shape index (κ2) is 7.75. The van der Waals surface area contributed by atoms with Gasteiger partial charge in [-0.2, -0.15) is 0 Å². The molecular weight excluding hydrogens is 249 g/mol. The highest BCUT2D eigenvalue weighted by atomic mass is 35.5. The largest absolute Gasteiger partial charge is 0.316 e. The van der Waals surface area contributed by atoms with Gasteiger partial charge in [0.2, 0.25) is 0 Å². The molecular formula is C15H23ClFN. The fourth-order valence-electron chi connectivity index (χ4n) is 1.91. The lowest BCUT2D eigenvalue weighted by atomic mass is 9.98. The maximum absolute atomic E-state index is 13.3. The zero-order chi connectivity index (χ0) is 13.5. The van der Waals surface area contributed by atoms with Crippen molar-refractivity contribution < 1.29 is 4.39 Å². The Balaban J connectivity index is 2.31. The molecule has 0 spiro atoms. The van der Waals surface area contributed by atoms with Crippen LogP contribution in [0.2, 0.25) is 5.02 Å². The Morgan fingerprint density at radius 3 is 2.61 bits per heavy atom. The van der Waals surface area contributed by atoms with Crippen molar-refractivity contribution in [2.75, 3.05) is 13.1 Å². The Hall–Kier alpha value is -0.600. The van der Waals surface area contributed by atoms with Crippen LogP contribution in [-0.2, 0) is 6.42 Å². The first-order valence-electron chi connectivity index (χ1n) is 6.63. The van der Waals surface area contributed by atoms with E-state index in [1.54, 1.807) is 12.1 Å². The SMILES string of the molecule is CC(C)CNCCC(C)Cc1ccc(Cl)c(F)c1. The Labute approximate surface area is 115 Å². The molecule has 1 rings (SSSR count). The number of rotatable bonds is 7. The smallest absolute Gasteiger partial charge is 0.142 e. The molecule has 0 aliphatic heterocycles. The fourth-order valence-corrected chi connectivity index (χ4v) is 2.03. The molecule has 18 heavy (non-hydrogen) atoms. The zero-order valence-electron chi connectivity index (χ0n) is 11.5. The van der Waals surface area contributed by atoms with Gasteiger partial charge in [-0.05, 0) is 55.5 Å². The minimum atomic E-state index is -0.320. The summed E-state index contributed by atoms with van der Waals surface area (Å²) < 4.78 is 13.3. The first-order chi connectivity index (χ1) is 8.49. The summed E-state index contributed by atoms with van der Waals surface area (Å²) in [5, 5.41) is 3.63. The van der Waals surface area contributed by atoms with E-state index in [9.17, 15) is 4.39 Å². The van der Waals surface area contributed by atoms with Crippen LogP contribution in [0, 0.1) is 17.7 Å². The zero-order valence-corrected chi connectivity index (χ0v) is 12.2. The van der Waals surface area contributed by atoms with Crippen molar-refractivity contribution in [2.24, 2.45) is 11.8 Å². The highest BCUT2D eigenvalue weighted by Gasteiger charge is 2.06. The standard InChI is InChI=1S/C15H23ClFN/c1-11(2)10-18-7-6-12(3)8-13-4-5-14(16)15(17)9-13/h4-5,9,11-12,18H,6-8,10H2,1-3H3. The fraction of sp³-hybridized carbons (Fsp3) is 0.600. The lowest BCUT2D eigenvalue weighted by Crippen LogP contribution is -2.22. The van der Waals surface area contributed by atoms with E-state index >= 15 is 0 Å². The van der Waals surface area contributed by atoms with Gasteiger partial charge in [-0.1, -0.05) is 38.4 Å². The van der Waals surface area contributed by atoms with E-state index in [0.717, 1.165) is 31.5 Å². The molecule has 0 aliphatic rings. The van der Waals surface area contributed by atoms with Crippen LogP contribution in [0.4, 0.5) is 4.39 Å². The van der Waals surface area contributed by atoms with E-state index < -0.39 is 0 Å². The van der Waals surface area contributed by atoms with E-state index in [1.165, 1.54) is 0 Å². The van der Waals surface area contributed by atoms with Crippen LogP contribution in [0.5, 0.6) is 0 Å². The molecule has 0 aliphatic carbocycles. The van der Waals surface area contributed by atoms with Crippen LogP contribution < -0.4 is 5.32 Å². The summed E-state index contributed by atoms with van der Waals surface area (Å²) in [4.78, 5) is 0. The highest BCUT2D eigenvalue weighted by molar-refractivity contribution is 6.30. The molecule has 1 unspecified atom stereocenters. The first-order valence-corrected chi connectivity index (χ1v) is 7.01. The van der Waals surface area contributed by atoms with Crippen molar-refractivity contribution in [1.82, 2.24) is 5.32 Å². The second-order valence-corrected chi connectivity index (χ2v) is 5.85. The van der Waals surface area contributed by atoms with Gasteiger partial charge in [-0.25, -0.2) is 4.39 Å². The Kier molecular flexibility index (Phi) is 6.66. The Morgan fingerprint density at radius 1 is 1.28 bits per heavy atom. The van der Waals surface area contributed by atoms with Crippen molar-refractivity contribution in [3.63, 3.8) is 0 Å². The van der Waals surface area contributed by atoms with Gasteiger partial charge in [0.15, 0.2) is 0 Å². The van der Waals surface area contributed by atoms with E-state index in [1.807, 2.05) is 6.07 Å². The minimum Gasteiger partial charge on any atom is -0.316 e. The molecule has 0 bridgehead atoms. The highest BCUT2D eigenvalue weighted by Crippen LogP contribution is 2.18. The van der Waals surface area contributed by atoms with E-state index in [2.05, 4.69) is 26.1 Å². The number of benzene rings is 1. The minimum absolute atomic E-state index is 0.199. The molecule has 1 N–H and O–H groups in total. The van der Waals surface area contributed by atoms with Gasteiger partial charge in [0.1, 0.15) is 5.82 Å². The number of hydrogen-bond acceptors (Lipinski definition) is 1. The van der Waals surface area contributed by atoms with Gasteiger partial charge in [0, 0.05) is 0 Å². The predicted molar refractivity (Wildman–Crippen MR) is 76.6 cm³/mol. The second-order valence-electron chi connectivity index (χ2n) is 5.44. The van der Waals surface area contributed by atoms with Gasteiger partial charge in [0.25, 0.3) is 0 Å². The summed E-state index contributed by atoms with van der Waals surface area (Å²) >= 11 is 5.66. The summed E-state index contributed by atoms with van der Waals surface area (Å²) in [6.45, 7) is 8.68. The van der Waals surface area contributed by atoms with Gasteiger partial charge < -0.3 is 5.32 Å². The summed E-state index contributed by atoms with van der Waals surface area (Å²) in [6, 6.07) is 5.08. The summed E-state index contributed by atoms with van der Waals surface area (Å²) in [7, 11) is 0. The van der Waals surface area contributed by atoms with Crippen molar-refractivity contribution >= 4 is 11.6 Å². The Morgan fingerprint density at radius 2 is 2.00 bits per heavy atom. The van der Waals surface area contributed by atoms with Gasteiger partial charge >= 0.3 is 0 Å². The molecule has 0 saturated heterocycles. The molecule has 102 valence electrons. The maximum atomic E-state index is 13.3. The Bertz CT molecular complexity index is 366. The molecule has 0 aromatic heterocycles. The third kappa shape index (κ3) is 5.83. The maximum Gasteiger partial charge on any atom is 0.142 e. The van der Waals surface area contributed by atoms with Crippen molar-refractivity contribution in [2.45, 2.75) is 33.6 Å². The summed E-state index contributed by atoms with van der Waals surface area (Å²) in [6.07, 6.45) is 2.01. The quantitative estimate of drug-likeness (QED) is 0.730. The molecule has 1 nitrogen and oxygen atoms in total. The average Bonchev–Trinajstić information content (AvgIpc) is 2.29. The van der Waals surface area contributed by atoms with Crippen LogP contribution in [0.3, 0.4) is 0 Å². The van der Waals surface area contributed by atoms with Crippen LogP contribution in [0.1, 0.15) is 32.8 Å². The molecule has 0 radical (unpaired) electrons. The third-order valence-electron chi connectivity index (χ3n) is 2.93. The van der Waals surface area contributed by atoms with Crippen molar-refractivity contribution in [1.29, 1.82) is 0 Å². The lowest BCUT2D eigenvalue weighted by molar-refractivity contribution is 0.473. The van der Waals surface area contributed by atoms with Crippen LogP contribution in [0.25, 0.3) is 0 Å². The van der Waals surface area contributed by atoms with E-state index in [4.69, 9.17) is 11.6 Å². The predicted octanol–water partition coefficient (Wildman–Crippen LogP) is 4.29. The van der Waals surface area contributed by atoms with Crippen molar-refractivity contribution in [3.05, 3.63) is 34.6 Å². The number of halogens is 2.